The summed E-state index contributed by atoms with van der Waals surface area (Å²) < 4.78 is 19.9. The molecule has 1 aliphatic rings. The number of pyridine rings is 2. The Kier molecular flexibility index (Phi) is 7.96. The Labute approximate surface area is 256 Å². The predicted molar refractivity (Wildman–Crippen MR) is 166 cm³/mol. The summed E-state index contributed by atoms with van der Waals surface area (Å²) in [6, 6.07) is 3.22. The Hall–Kier alpha value is -4.74. The van der Waals surface area contributed by atoms with Crippen molar-refractivity contribution in [2.45, 2.75) is 72.1 Å². The highest BCUT2D eigenvalue weighted by Crippen LogP contribution is 2.35. The molecule has 12 nitrogen and oxygen atoms in total. The lowest BCUT2D eigenvalue weighted by Crippen LogP contribution is -2.40. The summed E-state index contributed by atoms with van der Waals surface area (Å²) in [5, 5.41) is 10.0. The highest BCUT2D eigenvalue weighted by molar-refractivity contribution is 5.96. The van der Waals surface area contributed by atoms with Crippen molar-refractivity contribution in [2.24, 2.45) is 7.05 Å². The second-order valence-corrected chi connectivity index (χ2v) is 12.8. The van der Waals surface area contributed by atoms with Gasteiger partial charge in [0.15, 0.2) is 0 Å². The average molecular weight is 602 g/mol. The molecule has 0 radical (unpaired) electrons. The monoisotopic (exact) mass is 601 g/mol. The van der Waals surface area contributed by atoms with Gasteiger partial charge in [-0.3, -0.25) is 9.67 Å². The van der Waals surface area contributed by atoms with Crippen LogP contribution in [0.1, 0.15) is 77.0 Å². The van der Waals surface area contributed by atoms with Gasteiger partial charge < -0.3 is 19.1 Å². The van der Waals surface area contributed by atoms with E-state index in [1.807, 2.05) is 59.2 Å². The molecule has 5 heterocycles. The van der Waals surface area contributed by atoms with E-state index in [-0.39, 0.29) is 0 Å². The Morgan fingerprint density at radius 3 is 2.32 bits per heavy atom. The predicted octanol–water partition coefficient (Wildman–Crippen LogP) is 6.04. The molecule has 12 heteroatoms. The molecule has 44 heavy (non-hydrogen) atoms. The molecule has 0 N–H and O–H groups in total. The lowest BCUT2D eigenvalue weighted by molar-refractivity contribution is 0.0175. The van der Waals surface area contributed by atoms with E-state index in [0.29, 0.717) is 41.1 Å². The van der Waals surface area contributed by atoms with Crippen LogP contribution in [0.2, 0.25) is 0 Å². The minimum atomic E-state index is -0.711. The first-order chi connectivity index (χ1) is 20.6. The summed E-state index contributed by atoms with van der Waals surface area (Å²) in [6.07, 6.45) is 8.39. The van der Waals surface area contributed by atoms with Gasteiger partial charge in [0.2, 0.25) is 5.88 Å². The number of fused-ring (bicyclic) bond motifs is 4. The average Bonchev–Trinajstić information content (AvgIpc) is 3.48. The van der Waals surface area contributed by atoms with Gasteiger partial charge in [0.25, 0.3) is 0 Å². The molecule has 0 saturated heterocycles. The highest BCUT2D eigenvalue weighted by atomic mass is 16.6. The number of amides is 1. The van der Waals surface area contributed by atoms with E-state index < -0.39 is 29.4 Å². The van der Waals surface area contributed by atoms with Crippen molar-refractivity contribution in [2.75, 3.05) is 13.7 Å². The van der Waals surface area contributed by atoms with Crippen LogP contribution >= 0.6 is 0 Å². The second-order valence-electron chi connectivity index (χ2n) is 12.8. The van der Waals surface area contributed by atoms with Crippen LogP contribution in [-0.4, -0.2) is 71.5 Å². The van der Waals surface area contributed by atoms with E-state index in [2.05, 4.69) is 15.2 Å². The van der Waals surface area contributed by atoms with Crippen molar-refractivity contribution in [1.29, 1.82) is 0 Å². The van der Waals surface area contributed by atoms with Crippen molar-refractivity contribution in [3.05, 3.63) is 53.2 Å². The molecule has 4 aromatic rings. The van der Waals surface area contributed by atoms with Crippen molar-refractivity contribution in [3.63, 3.8) is 0 Å². The summed E-state index contributed by atoms with van der Waals surface area (Å²) in [5.41, 5.74) is 3.38. The molecule has 4 aromatic heterocycles. The normalized spacial score (nSPS) is 16.2. The second kappa shape index (κ2) is 11.4. The third kappa shape index (κ3) is 6.43. The lowest BCUT2D eigenvalue weighted by Gasteiger charge is -2.32. The Morgan fingerprint density at radius 1 is 0.932 bits per heavy atom. The minimum absolute atomic E-state index is 0.338. The maximum atomic E-state index is 13.6. The van der Waals surface area contributed by atoms with E-state index in [1.54, 1.807) is 55.9 Å². The number of carbonyl (C=O) groups excluding carboxylic acids is 2. The van der Waals surface area contributed by atoms with Gasteiger partial charge in [0.05, 0.1) is 41.9 Å². The quantitative estimate of drug-likeness (QED) is 0.256. The van der Waals surface area contributed by atoms with Gasteiger partial charge in [-0.05, 0) is 66.7 Å². The highest BCUT2D eigenvalue weighted by Gasteiger charge is 2.30. The fourth-order valence-corrected chi connectivity index (χ4v) is 5.08. The van der Waals surface area contributed by atoms with Crippen LogP contribution in [0.15, 0.2) is 30.7 Å². The smallest absolute Gasteiger partial charge is 0.435 e. The number of hydrogen-bond donors (Lipinski definition) is 0. The number of carbonyl (C=O) groups is 2. The molecule has 0 spiro atoms. The molecule has 1 amide bonds. The molecule has 5 rings (SSSR count). The zero-order valence-electron chi connectivity index (χ0n) is 26.7. The molecule has 1 aliphatic heterocycles. The number of methoxy groups -OCH3 is 1. The maximum Gasteiger partial charge on any atom is 0.435 e. The van der Waals surface area contributed by atoms with Crippen molar-refractivity contribution in [1.82, 2.24) is 34.4 Å². The third-order valence-corrected chi connectivity index (χ3v) is 7.05. The summed E-state index contributed by atoms with van der Waals surface area (Å²) in [7, 11) is 3.40. The van der Waals surface area contributed by atoms with Crippen molar-refractivity contribution < 1.29 is 23.8 Å². The van der Waals surface area contributed by atoms with Gasteiger partial charge in [0.1, 0.15) is 11.2 Å². The van der Waals surface area contributed by atoms with Crippen LogP contribution in [0.5, 0.6) is 5.88 Å². The van der Waals surface area contributed by atoms with E-state index in [4.69, 9.17) is 19.2 Å². The molecular weight excluding hydrogens is 562 g/mol. The van der Waals surface area contributed by atoms with Crippen LogP contribution in [0.4, 0.5) is 9.59 Å². The molecule has 0 saturated carbocycles. The first-order valence-electron chi connectivity index (χ1n) is 14.5. The summed E-state index contributed by atoms with van der Waals surface area (Å²) in [5.74, 6) is 0.394. The molecule has 0 fully saturated rings. The number of hydrogen-bond acceptors (Lipinski definition) is 9. The molecule has 2 bridgehead atoms. The van der Waals surface area contributed by atoms with Crippen LogP contribution in [0.25, 0.3) is 34.3 Å². The topological polar surface area (TPSA) is 126 Å². The molecule has 0 aromatic carbocycles. The zero-order chi connectivity index (χ0) is 32.0. The van der Waals surface area contributed by atoms with Gasteiger partial charge in [-0.1, -0.05) is 0 Å². The van der Waals surface area contributed by atoms with Crippen LogP contribution in [0, 0.1) is 0 Å². The van der Waals surface area contributed by atoms with E-state index in [0.717, 1.165) is 22.4 Å². The number of rotatable bonds is 1. The SMILES string of the molecule is COc1cc2c(cn1)[C@@H](C)N(C(=O)OC(C)(C)C)CCc1nn(C)cc1/C=C/c1nn(C(=O)OC(C)(C)C)c3cnc-2cc13. The molecule has 1 atom stereocenters. The Balaban J connectivity index is 1.75. The molecular formula is C32H39N7O5. The van der Waals surface area contributed by atoms with E-state index in [1.165, 1.54) is 4.68 Å². The van der Waals surface area contributed by atoms with Gasteiger partial charge in [-0.15, -0.1) is 0 Å². The first-order valence-corrected chi connectivity index (χ1v) is 14.5. The summed E-state index contributed by atoms with van der Waals surface area (Å²) >= 11 is 0. The number of nitrogens with zero attached hydrogens (tertiary/aromatic N) is 7. The van der Waals surface area contributed by atoms with Crippen LogP contribution in [0.3, 0.4) is 0 Å². The summed E-state index contributed by atoms with van der Waals surface area (Å²) in [4.78, 5) is 37.7. The Morgan fingerprint density at radius 2 is 1.64 bits per heavy atom. The van der Waals surface area contributed by atoms with E-state index in [9.17, 15) is 9.59 Å². The third-order valence-electron chi connectivity index (χ3n) is 7.05. The molecule has 0 aliphatic carbocycles. The van der Waals surface area contributed by atoms with Gasteiger partial charge >= 0.3 is 12.2 Å². The fourth-order valence-electron chi connectivity index (χ4n) is 5.08. The van der Waals surface area contributed by atoms with Crippen molar-refractivity contribution in [3.8, 4) is 17.1 Å². The zero-order valence-corrected chi connectivity index (χ0v) is 26.7. The Bertz CT molecular complexity index is 1760. The first kappa shape index (κ1) is 30.7. The largest absolute Gasteiger partial charge is 0.481 e. The minimum Gasteiger partial charge on any atom is -0.481 e. The van der Waals surface area contributed by atoms with Gasteiger partial charge in [0, 0.05) is 60.5 Å². The van der Waals surface area contributed by atoms with Crippen LogP contribution in [-0.2, 0) is 22.9 Å². The standard InChI is InChI=1S/C32H39N7O5/c1-19-23-16-34-28(42-9)15-21(23)26-14-22-25(36-39(27(22)17-33-26)30(41)44-32(5,6)7)11-10-20-18-37(8)35-24(20)12-13-38(19)29(40)43-31(2,3)4/h10-11,14-19H,12-13H2,1-9H3/b11-10+/t19-/m1/s1. The van der Waals surface area contributed by atoms with Gasteiger partial charge in [-0.2, -0.15) is 14.9 Å². The van der Waals surface area contributed by atoms with Gasteiger partial charge in [-0.25, -0.2) is 14.6 Å². The van der Waals surface area contributed by atoms with Crippen LogP contribution < -0.4 is 4.74 Å². The number of ether oxygens (including phenoxy) is 3. The summed E-state index contributed by atoms with van der Waals surface area (Å²) in [6.45, 7) is 13.2. The molecule has 0 unspecified atom stereocenters. The fraction of sp³-hybridized carbons (Fsp3) is 0.438. The number of aromatic nitrogens is 6. The maximum absolute atomic E-state index is 13.6. The number of aryl methyl sites for hydroxylation is 1. The van der Waals surface area contributed by atoms with Crippen molar-refractivity contribution >= 4 is 35.2 Å². The van der Waals surface area contributed by atoms with E-state index >= 15 is 0 Å². The lowest BCUT2D eigenvalue weighted by atomic mass is 9.98. The molecule has 232 valence electrons.